The van der Waals surface area contributed by atoms with Gasteiger partial charge in [-0.25, -0.2) is 0 Å². The van der Waals surface area contributed by atoms with Crippen molar-refractivity contribution < 1.29 is 4.74 Å². The molecule has 3 nitrogen and oxygen atoms in total. The molecule has 2 unspecified atom stereocenters. The summed E-state index contributed by atoms with van der Waals surface area (Å²) in [6.45, 7) is 4.92. The number of ether oxygens (including phenoxy) is 1. The Labute approximate surface area is 81.0 Å². The highest BCUT2D eigenvalue weighted by Gasteiger charge is 2.27. The maximum Gasteiger partial charge on any atom is 0.0626 e. The first-order valence-electron chi connectivity index (χ1n) is 5.19. The van der Waals surface area contributed by atoms with Crippen molar-refractivity contribution >= 4 is 0 Å². The Bertz CT molecular complexity index is 137. The van der Waals surface area contributed by atoms with Crippen molar-refractivity contribution in [1.82, 2.24) is 5.32 Å². The number of nitrogens with one attached hydrogen (secondary N) is 1. The van der Waals surface area contributed by atoms with Gasteiger partial charge in [0.25, 0.3) is 0 Å². The maximum atomic E-state index is 5.77. The van der Waals surface area contributed by atoms with Crippen molar-refractivity contribution in [2.75, 3.05) is 26.8 Å². The second kappa shape index (κ2) is 5.58. The predicted octanol–water partition coefficient (Wildman–Crippen LogP) is 0.596. The lowest BCUT2D eigenvalue weighted by atomic mass is 10.1. The van der Waals surface area contributed by atoms with Gasteiger partial charge in [0.15, 0.2) is 0 Å². The Morgan fingerprint density at radius 1 is 1.46 bits per heavy atom. The quantitative estimate of drug-likeness (QED) is 0.612. The van der Waals surface area contributed by atoms with Gasteiger partial charge in [0, 0.05) is 19.7 Å². The van der Waals surface area contributed by atoms with E-state index in [0.29, 0.717) is 6.61 Å². The molecule has 0 aliphatic heterocycles. The molecule has 0 bridgehead atoms. The fourth-order valence-corrected chi connectivity index (χ4v) is 1.60. The molecular formula is C10H22N2O. The zero-order valence-electron chi connectivity index (χ0n) is 8.75. The van der Waals surface area contributed by atoms with Gasteiger partial charge >= 0.3 is 0 Å². The summed E-state index contributed by atoms with van der Waals surface area (Å²) in [6, 6.07) is 0.136. The minimum absolute atomic E-state index is 0.136. The van der Waals surface area contributed by atoms with Crippen LogP contribution in [0.1, 0.15) is 19.8 Å². The van der Waals surface area contributed by atoms with Crippen LogP contribution in [0.25, 0.3) is 0 Å². The third kappa shape index (κ3) is 4.60. The van der Waals surface area contributed by atoms with Gasteiger partial charge < -0.3 is 15.8 Å². The molecule has 0 heterocycles. The van der Waals surface area contributed by atoms with Crippen molar-refractivity contribution in [3.05, 3.63) is 0 Å². The second-order valence-corrected chi connectivity index (χ2v) is 4.19. The molecule has 2 atom stereocenters. The van der Waals surface area contributed by atoms with Crippen LogP contribution in [0.3, 0.4) is 0 Å². The topological polar surface area (TPSA) is 47.3 Å². The van der Waals surface area contributed by atoms with Crippen LogP contribution in [0, 0.1) is 11.8 Å². The highest BCUT2D eigenvalue weighted by atomic mass is 16.5. The first-order chi connectivity index (χ1) is 6.24. The number of hydrogen-bond acceptors (Lipinski definition) is 3. The number of hydrogen-bond donors (Lipinski definition) is 2. The molecule has 1 rings (SSSR count). The highest BCUT2D eigenvalue weighted by molar-refractivity contribution is 4.80. The third-order valence-electron chi connectivity index (χ3n) is 2.68. The molecule has 0 saturated heterocycles. The van der Waals surface area contributed by atoms with Gasteiger partial charge in [-0.3, -0.25) is 0 Å². The predicted molar refractivity (Wildman–Crippen MR) is 54.6 cm³/mol. The molecule has 13 heavy (non-hydrogen) atoms. The summed E-state index contributed by atoms with van der Waals surface area (Å²) in [7, 11) is 1.69. The summed E-state index contributed by atoms with van der Waals surface area (Å²) in [5.41, 5.74) is 5.77. The van der Waals surface area contributed by atoms with Crippen LogP contribution in [-0.2, 0) is 4.74 Å². The molecule has 0 amide bonds. The zero-order chi connectivity index (χ0) is 9.68. The van der Waals surface area contributed by atoms with E-state index in [1.807, 2.05) is 0 Å². The largest absolute Gasteiger partial charge is 0.383 e. The van der Waals surface area contributed by atoms with Crippen LogP contribution < -0.4 is 11.1 Å². The molecule has 0 aromatic carbocycles. The molecule has 1 aliphatic carbocycles. The number of rotatable bonds is 7. The van der Waals surface area contributed by atoms with E-state index < -0.39 is 0 Å². The van der Waals surface area contributed by atoms with E-state index >= 15 is 0 Å². The van der Waals surface area contributed by atoms with E-state index in [2.05, 4.69) is 12.2 Å². The van der Waals surface area contributed by atoms with Crippen molar-refractivity contribution in [3.8, 4) is 0 Å². The van der Waals surface area contributed by atoms with Crippen molar-refractivity contribution in [2.45, 2.75) is 25.8 Å². The SMILES string of the molecule is COCC(N)CNCC(C)C1CC1. The fraction of sp³-hybridized carbons (Fsp3) is 1.00. The molecule has 3 N–H and O–H groups in total. The Morgan fingerprint density at radius 3 is 2.69 bits per heavy atom. The van der Waals surface area contributed by atoms with Gasteiger partial charge in [-0.2, -0.15) is 0 Å². The fourth-order valence-electron chi connectivity index (χ4n) is 1.60. The van der Waals surface area contributed by atoms with Crippen molar-refractivity contribution in [2.24, 2.45) is 17.6 Å². The Hall–Kier alpha value is -0.120. The third-order valence-corrected chi connectivity index (χ3v) is 2.68. The summed E-state index contributed by atoms with van der Waals surface area (Å²) in [6.07, 6.45) is 2.85. The van der Waals surface area contributed by atoms with Crippen LogP contribution in [0.15, 0.2) is 0 Å². The minimum Gasteiger partial charge on any atom is -0.383 e. The van der Waals surface area contributed by atoms with Crippen LogP contribution in [0.5, 0.6) is 0 Å². The number of methoxy groups -OCH3 is 1. The Balaban J connectivity index is 1.92. The average molecular weight is 186 g/mol. The van der Waals surface area contributed by atoms with Crippen molar-refractivity contribution in [3.63, 3.8) is 0 Å². The van der Waals surface area contributed by atoms with E-state index in [4.69, 9.17) is 10.5 Å². The molecule has 0 radical (unpaired) electrons. The molecule has 0 aromatic heterocycles. The maximum absolute atomic E-state index is 5.77. The van der Waals surface area contributed by atoms with E-state index in [1.165, 1.54) is 12.8 Å². The first kappa shape index (κ1) is 11.0. The molecule has 0 aromatic rings. The standard InChI is InChI=1S/C10H22N2O/c1-8(9-3-4-9)5-12-6-10(11)7-13-2/h8-10,12H,3-7,11H2,1-2H3. The van der Waals surface area contributed by atoms with E-state index in [-0.39, 0.29) is 6.04 Å². The van der Waals surface area contributed by atoms with E-state index in [0.717, 1.165) is 24.9 Å². The summed E-state index contributed by atoms with van der Waals surface area (Å²) in [5.74, 6) is 1.79. The van der Waals surface area contributed by atoms with Gasteiger partial charge in [0.1, 0.15) is 0 Å². The van der Waals surface area contributed by atoms with E-state index in [9.17, 15) is 0 Å². The van der Waals surface area contributed by atoms with Crippen LogP contribution in [0.2, 0.25) is 0 Å². The second-order valence-electron chi connectivity index (χ2n) is 4.19. The average Bonchev–Trinajstić information content (AvgIpc) is 2.86. The molecule has 1 saturated carbocycles. The zero-order valence-corrected chi connectivity index (χ0v) is 8.75. The summed E-state index contributed by atoms with van der Waals surface area (Å²) in [5, 5.41) is 3.39. The summed E-state index contributed by atoms with van der Waals surface area (Å²) >= 11 is 0. The van der Waals surface area contributed by atoms with E-state index in [1.54, 1.807) is 7.11 Å². The summed E-state index contributed by atoms with van der Waals surface area (Å²) < 4.78 is 4.96. The lowest BCUT2D eigenvalue weighted by Crippen LogP contribution is -2.39. The highest BCUT2D eigenvalue weighted by Crippen LogP contribution is 2.35. The Morgan fingerprint density at radius 2 is 2.15 bits per heavy atom. The number of nitrogens with two attached hydrogens (primary N) is 1. The van der Waals surface area contributed by atoms with Gasteiger partial charge in [-0.05, 0) is 31.2 Å². The van der Waals surface area contributed by atoms with Gasteiger partial charge in [-0.1, -0.05) is 6.92 Å². The minimum atomic E-state index is 0.136. The molecule has 1 fully saturated rings. The molecule has 3 heteroatoms. The van der Waals surface area contributed by atoms with Crippen LogP contribution >= 0.6 is 0 Å². The van der Waals surface area contributed by atoms with Gasteiger partial charge in [0.05, 0.1) is 6.61 Å². The normalized spacial score (nSPS) is 21.5. The van der Waals surface area contributed by atoms with Crippen LogP contribution in [0.4, 0.5) is 0 Å². The lowest BCUT2D eigenvalue weighted by molar-refractivity contribution is 0.178. The Kier molecular flexibility index (Phi) is 4.70. The van der Waals surface area contributed by atoms with Crippen molar-refractivity contribution in [1.29, 1.82) is 0 Å². The monoisotopic (exact) mass is 186 g/mol. The molecule has 1 aliphatic rings. The molecule has 78 valence electrons. The summed E-state index contributed by atoms with van der Waals surface area (Å²) in [4.78, 5) is 0. The van der Waals surface area contributed by atoms with Crippen LogP contribution in [-0.4, -0.2) is 32.8 Å². The molecule has 0 spiro atoms. The lowest BCUT2D eigenvalue weighted by Gasteiger charge is -2.14. The van der Waals surface area contributed by atoms with Gasteiger partial charge in [-0.15, -0.1) is 0 Å². The van der Waals surface area contributed by atoms with Gasteiger partial charge in [0.2, 0.25) is 0 Å². The molecular weight excluding hydrogens is 164 g/mol. The first-order valence-corrected chi connectivity index (χ1v) is 5.19. The smallest absolute Gasteiger partial charge is 0.0626 e.